The molecule has 0 aromatic heterocycles. The number of carbonyl (C=O) groups is 3. The molecule has 16 heavy (non-hydrogen) atoms. The van der Waals surface area contributed by atoms with Crippen LogP contribution in [0.2, 0.25) is 0 Å². The smallest absolute Gasteiger partial charge is 0.330 e. The third kappa shape index (κ3) is 2.66. The van der Waals surface area contributed by atoms with E-state index >= 15 is 0 Å². The van der Waals surface area contributed by atoms with Crippen LogP contribution in [-0.2, 0) is 14.4 Å². The first-order valence-electron chi connectivity index (χ1n) is 4.87. The largest absolute Gasteiger partial charge is 0.478 e. The van der Waals surface area contributed by atoms with Crippen molar-refractivity contribution in [2.45, 2.75) is 19.4 Å². The zero-order valence-corrected chi connectivity index (χ0v) is 9.19. The Morgan fingerprint density at radius 2 is 2.25 bits per heavy atom. The number of hydrogen-bond acceptors (Lipinski definition) is 4. The van der Waals surface area contributed by atoms with Crippen molar-refractivity contribution >= 4 is 17.8 Å². The van der Waals surface area contributed by atoms with Crippen molar-refractivity contribution in [3.8, 4) is 0 Å². The molecule has 1 heterocycles. The fraction of sp³-hybridized carbons (Fsp3) is 0.500. The van der Waals surface area contributed by atoms with E-state index in [-0.39, 0.29) is 30.4 Å². The van der Waals surface area contributed by atoms with Gasteiger partial charge in [-0.15, -0.1) is 0 Å². The summed E-state index contributed by atoms with van der Waals surface area (Å²) in [7, 11) is 1.44. The third-order valence-corrected chi connectivity index (χ3v) is 2.49. The number of nitrogens with zero attached hydrogens (tertiary/aromatic N) is 1. The molecule has 0 saturated carbocycles. The minimum absolute atomic E-state index is 0.134. The van der Waals surface area contributed by atoms with Gasteiger partial charge in [-0.2, -0.15) is 0 Å². The van der Waals surface area contributed by atoms with Crippen molar-refractivity contribution in [2.24, 2.45) is 0 Å². The number of aliphatic carboxylic acids is 1. The highest BCUT2D eigenvalue weighted by Gasteiger charge is 2.35. The zero-order chi connectivity index (χ0) is 12.3. The highest BCUT2D eigenvalue weighted by molar-refractivity contribution is 6.05. The van der Waals surface area contributed by atoms with Crippen LogP contribution in [0.5, 0.6) is 0 Å². The Bertz CT molecular complexity index is 362. The van der Waals surface area contributed by atoms with E-state index in [9.17, 15) is 14.4 Å². The molecule has 2 N–H and O–H groups in total. The third-order valence-electron chi connectivity index (χ3n) is 2.49. The van der Waals surface area contributed by atoms with E-state index in [1.54, 1.807) is 0 Å². The number of nitrogens with one attached hydrogen (secondary N) is 1. The Morgan fingerprint density at radius 1 is 1.62 bits per heavy atom. The molecular formula is C10H14N2O4. The fourth-order valence-corrected chi connectivity index (χ4v) is 1.36. The maximum atomic E-state index is 11.4. The van der Waals surface area contributed by atoms with Gasteiger partial charge < -0.3 is 10.4 Å². The lowest BCUT2D eigenvalue weighted by Crippen LogP contribution is -2.37. The summed E-state index contributed by atoms with van der Waals surface area (Å²) in [6.07, 6.45) is 1.60. The van der Waals surface area contributed by atoms with Gasteiger partial charge in [0.15, 0.2) is 0 Å². The van der Waals surface area contributed by atoms with Gasteiger partial charge in [-0.05, 0) is 6.92 Å². The van der Waals surface area contributed by atoms with Crippen LogP contribution in [0.3, 0.4) is 0 Å². The first-order chi connectivity index (χ1) is 7.43. The number of carboxylic acids is 1. The summed E-state index contributed by atoms with van der Waals surface area (Å²) in [5, 5.41) is 11.4. The molecule has 0 aromatic carbocycles. The second-order valence-electron chi connectivity index (χ2n) is 3.65. The first kappa shape index (κ1) is 12.4. The predicted octanol–water partition coefficient (Wildman–Crippen LogP) is -0.636. The van der Waals surface area contributed by atoms with E-state index in [2.05, 4.69) is 5.32 Å². The van der Waals surface area contributed by atoms with Crippen LogP contribution in [0.15, 0.2) is 11.6 Å². The van der Waals surface area contributed by atoms with Crippen LogP contribution in [0.4, 0.5) is 0 Å². The van der Waals surface area contributed by atoms with Gasteiger partial charge in [0.1, 0.15) is 0 Å². The minimum atomic E-state index is -0.993. The van der Waals surface area contributed by atoms with Crippen LogP contribution in [-0.4, -0.2) is 47.4 Å². The van der Waals surface area contributed by atoms with Crippen LogP contribution in [0, 0.1) is 0 Å². The average molecular weight is 226 g/mol. The van der Waals surface area contributed by atoms with E-state index in [0.717, 1.165) is 4.90 Å². The van der Waals surface area contributed by atoms with Crippen LogP contribution in [0.1, 0.15) is 13.3 Å². The maximum absolute atomic E-state index is 11.4. The topological polar surface area (TPSA) is 86.7 Å². The molecule has 0 radical (unpaired) electrons. The Balaban J connectivity index is 2.46. The number of carbonyl (C=O) groups excluding carboxylic acids is 2. The van der Waals surface area contributed by atoms with Crippen molar-refractivity contribution < 1.29 is 19.5 Å². The molecule has 0 bridgehead atoms. The molecule has 0 spiro atoms. The zero-order valence-electron chi connectivity index (χ0n) is 9.19. The normalized spacial score (nSPS) is 21.8. The van der Waals surface area contributed by atoms with Gasteiger partial charge in [-0.3, -0.25) is 14.5 Å². The number of imide groups is 1. The molecule has 6 nitrogen and oxygen atoms in total. The van der Waals surface area contributed by atoms with E-state index in [4.69, 9.17) is 5.11 Å². The molecule has 1 saturated heterocycles. The standard InChI is InChI=1S/C10H14N2O4/c1-6(10(15)16)3-4-11-7-5-8(13)12(2)9(7)14/h3,7,11H,4-5H2,1-2H3,(H,15,16)/b6-3-. The maximum Gasteiger partial charge on any atom is 0.330 e. The first-order valence-corrected chi connectivity index (χ1v) is 4.87. The highest BCUT2D eigenvalue weighted by atomic mass is 16.4. The lowest BCUT2D eigenvalue weighted by molar-refractivity contribution is -0.137. The monoisotopic (exact) mass is 226 g/mol. The molecule has 1 aliphatic rings. The molecule has 1 atom stereocenters. The van der Waals surface area contributed by atoms with Crippen molar-refractivity contribution in [2.75, 3.05) is 13.6 Å². The SMILES string of the molecule is C/C(=C/CNC1CC(=O)N(C)C1=O)C(=O)O. The summed E-state index contributed by atoms with van der Waals surface area (Å²) in [5.74, 6) is -1.49. The molecule has 2 amide bonds. The lowest BCUT2D eigenvalue weighted by Gasteiger charge is -2.09. The minimum Gasteiger partial charge on any atom is -0.478 e. The lowest BCUT2D eigenvalue weighted by atomic mass is 10.2. The summed E-state index contributed by atoms with van der Waals surface area (Å²) >= 11 is 0. The van der Waals surface area contributed by atoms with Gasteiger partial charge in [0, 0.05) is 19.2 Å². The van der Waals surface area contributed by atoms with Gasteiger partial charge in [0.05, 0.1) is 12.5 Å². The predicted molar refractivity (Wildman–Crippen MR) is 55.6 cm³/mol. The van der Waals surface area contributed by atoms with E-state index < -0.39 is 12.0 Å². The van der Waals surface area contributed by atoms with E-state index in [1.807, 2.05) is 0 Å². The van der Waals surface area contributed by atoms with E-state index in [0.29, 0.717) is 0 Å². The molecule has 0 aliphatic carbocycles. The van der Waals surface area contributed by atoms with Crippen molar-refractivity contribution in [1.82, 2.24) is 10.2 Å². The highest BCUT2D eigenvalue weighted by Crippen LogP contribution is 2.10. The second kappa shape index (κ2) is 4.89. The summed E-state index contributed by atoms with van der Waals surface area (Å²) < 4.78 is 0. The van der Waals surface area contributed by atoms with Gasteiger partial charge in [-0.1, -0.05) is 6.08 Å². The number of carboxylic acid groups (broad SMARTS) is 1. The Hall–Kier alpha value is -1.69. The number of amides is 2. The van der Waals surface area contributed by atoms with Crippen LogP contribution < -0.4 is 5.32 Å². The van der Waals surface area contributed by atoms with Gasteiger partial charge >= 0.3 is 5.97 Å². The number of likely N-dealkylation sites (N-methyl/N-ethyl adjacent to an activating group) is 1. The summed E-state index contributed by atoms with van der Waals surface area (Å²) in [6, 6.07) is -0.532. The molecule has 1 fully saturated rings. The summed E-state index contributed by atoms with van der Waals surface area (Å²) in [5.41, 5.74) is 0.206. The van der Waals surface area contributed by atoms with Gasteiger partial charge in [-0.25, -0.2) is 4.79 Å². The average Bonchev–Trinajstić information content (AvgIpc) is 2.46. The second-order valence-corrected chi connectivity index (χ2v) is 3.65. The fourth-order valence-electron chi connectivity index (χ4n) is 1.36. The summed E-state index contributed by atoms with van der Waals surface area (Å²) in [4.78, 5) is 34.1. The number of likely N-dealkylation sites (tertiary alicyclic amines) is 1. The van der Waals surface area contributed by atoms with Crippen LogP contribution >= 0.6 is 0 Å². The molecule has 1 aliphatic heterocycles. The molecule has 88 valence electrons. The molecule has 1 unspecified atom stereocenters. The Labute approximate surface area is 92.9 Å². The Morgan fingerprint density at radius 3 is 2.69 bits per heavy atom. The summed E-state index contributed by atoms with van der Waals surface area (Å²) in [6.45, 7) is 1.73. The molecule has 0 aromatic rings. The quantitative estimate of drug-likeness (QED) is 0.492. The molecular weight excluding hydrogens is 212 g/mol. The van der Waals surface area contributed by atoms with Crippen LogP contribution in [0.25, 0.3) is 0 Å². The van der Waals surface area contributed by atoms with Crippen molar-refractivity contribution in [3.63, 3.8) is 0 Å². The Kier molecular flexibility index (Phi) is 3.78. The van der Waals surface area contributed by atoms with E-state index in [1.165, 1.54) is 20.0 Å². The van der Waals surface area contributed by atoms with Gasteiger partial charge in [0.2, 0.25) is 11.8 Å². The van der Waals surface area contributed by atoms with Gasteiger partial charge in [0.25, 0.3) is 0 Å². The van der Waals surface area contributed by atoms with Crippen molar-refractivity contribution in [3.05, 3.63) is 11.6 Å². The van der Waals surface area contributed by atoms with Crippen molar-refractivity contribution in [1.29, 1.82) is 0 Å². The molecule has 6 heteroatoms. The number of hydrogen-bond donors (Lipinski definition) is 2. The molecule has 1 rings (SSSR count). The number of rotatable bonds is 4.